The molecule has 0 saturated carbocycles. The molecule has 11 aromatic rings. The minimum atomic E-state index is 0.891. The van der Waals surface area contributed by atoms with E-state index in [0.717, 1.165) is 72.4 Å². The third-order valence-corrected chi connectivity index (χ3v) is 11.7. The Hall–Kier alpha value is -7.94. The first-order valence-electron chi connectivity index (χ1n) is 20.5. The summed E-state index contributed by atoms with van der Waals surface area (Å²) < 4.78 is 6.60. The fourth-order valence-electron chi connectivity index (χ4n) is 8.77. The summed E-state index contributed by atoms with van der Waals surface area (Å²) in [6.45, 7) is 0. The van der Waals surface area contributed by atoms with Crippen LogP contribution in [-0.2, 0) is 0 Å². The number of benzene rings is 10. The Labute approximate surface area is 349 Å². The number of para-hydroxylation sites is 1. The molecular formula is C58H39NO. The Balaban J connectivity index is 0.977. The van der Waals surface area contributed by atoms with Gasteiger partial charge in [-0.05, 0) is 109 Å². The molecule has 0 unspecified atom stereocenters. The predicted octanol–water partition coefficient (Wildman–Crippen LogP) is 16.5. The van der Waals surface area contributed by atoms with Crippen LogP contribution in [0.15, 0.2) is 241 Å². The van der Waals surface area contributed by atoms with Crippen LogP contribution >= 0.6 is 0 Å². The molecule has 0 radical (unpaired) electrons. The second kappa shape index (κ2) is 15.1. The van der Waals surface area contributed by atoms with Crippen molar-refractivity contribution >= 4 is 49.8 Å². The molecule has 2 nitrogen and oxygen atoms in total. The molecule has 0 amide bonds. The average Bonchev–Trinajstić information content (AvgIpc) is 3.72. The lowest BCUT2D eigenvalue weighted by Gasteiger charge is -2.26. The highest BCUT2D eigenvalue weighted by atomic mass is 16.3. The van der Waals surface area contributed by atoms with Gasteiger partial charge in [-0.2, -0.15) is 0 Å². The Bertz CT molecular complexity index is 3290. The Kier molecular flexibility index (Phi) is 8.87. The van der Waals surface area contributed by atoms with Crippen LogP contribution in [0.2, 0.25) is 0 Å². The summed E-state index contributed by atoms with van der Waals surface area (Å²) in [5.74, 6) is 0. The summed E-state index contributed by atoms with van der Waals surface area (Å²) in [6.07, 6.45) is 0. The zero-order valence-electron chi connectivity index (χ0n) is 32.9. The molecule has 1 aromatic heterocycles. The first kappa shape index (κ1) is 35.2. The minimum Gasteiger partial charge on any atom is -0.455 e. The van der Waals surface area contributed by atoms with E-state index in [1.54, 1.807) is 0 Å². The first-order valence-corrected chi connectivity index (χ1v) is 20.5. The summed E-state index contributed by atoms with van der Waals surface area (Å²) in [7, 11) is 0. The van der Waals surface area contributed by atoms with Gasteiger partial charge in [-0.25, -0.2) is 0 Å². The second-order valence-corrected chi connectivity index (χ2v) is 15.3. The fourth-order valence-corrected chi connectivity index (χ4v) is 8.77. The summed E-state index contributed by atoms with van der Waals surface area (Å²) >= 11 is 0. The summed E-state index contributed by atoms with van der Waals surface area (Å²) in [4.78, 5) is 2.36. The lowest BCUT2D eigenvalue weighted by molar-refractivity contribution is 0.670. The number of hydrogen-bond acceptors (Lipinski definition) is 2. The van der Waals surface area contributed by atoms with Crippen molar-refractivity contribution in [3.63, 3.8) is 0 Å². The van der Waals surface area contributed by atoms with Gasteiger partial charge in [-0.3, -0.25) is 0 Å². The highest BCUT2D eigenvalue weighted by Crippen LogP contribution is 2.43. The van der Waals surface area contributed by atoms with E-state index in [9.17, 15) is 0 Å². The third kappa shape index (κ3) is 6.41. The van der Waals surface area contributed by atoms with Crippen LogP contribution in [0.4, 0.5) is 17.1 Å². The maximum absolute atomic E-state index is 6.60. The van der Waals surface area contributed by atoms with Crippen molar-refractivity contribution in [2.75, 3.05) is 4.90 Å². The smallest absolute Gasteiger partial charge is 0.143 e. The Morgan fingerprint density at radius 3 is 1.55 bits per heavy atom. The van der Waals surface area contributed by atoms with Gasteiger partial charge in [0.15, 0.2) is 0 Å². The van der Waals surface area contributed by atoms with E-state index < -0.39 is 0 Å². The maximum Gasteiger partial charge on any atom is 0.143 e. The van der Waals surface area contributed by atoms with Crippen molar-refractivity contribution in [1.82, 2.24) is 0 Å². The van der Waals surface area contributed by atoms with Gasteiger partial charge < -0.3 is 9.32 Å². The van der Waals surface area contributed by atoms with Crippen molar-refractivity contribution < 1.29 is 4.42 Å². The first-order chi connectivity index (χ1) is 29.7. The van der Waals surface area contributed by atoms with Crippen LogP contribution in [0.1, 0.15) is 0 Å². The predicted molar refractivity (Wildman–Crippen MR) is 253 cm³/mol. The molecule has 10 aromatic carbocycles. The van der Waals surface area contributed by atoms with Gasteiger partial charge in [0, 0.05) is 33.4 Å². The number of fused-ring (bicyclic) bond motifs is 4. The molecule has 2 heteroatoms. The van der Waals surface area contributed by atoms with Crippen LogP contribution < -0.4 is 4.90 Å². The molecule has 0 aliphatic carbocycles. The normalized spacial score (nSPS) is 11.3. The van der Waals surface area contributed by atoms with Crippen molar-refractivity contribution in [2.24, 2.45) is 0 Å². The van der Waals surface area contributed by atoms with E-state index in [2.05, 4.69) is 235 Å². The molecule has 0 spiro atoms. The van der Waals surface area contributed by atoms with Crippen LogP contribution in [0.3, 0.4) is 0 Å². The lowest BCUT2D eigenvalue weighted by atomic mass is 9.95. The van der Waals surface area contributed by atoms with Crippen molar-refractivity contribution in [2.45, 2.75) is 0 Å². The molecular weight excluding hydrogens is 727 g/mol. The molecule has 0 aliphatic rings. The molecule has 0 fully saturated rings. The van der Waals surface area contributed by atoms with Gasteiger partial charge in [0.1, 0.15) is 11.2 Å². The Morgan fingerprint density at radius 2 is 0.783 bits per heavy atom. The van der Waals surface area contributed by atoms with Crippen LogP contribution in [0.5, 0.6) is 0 Å². The van der Waals surface area contributed by atoms with Crippen molar-refractivity contribution in [3.8, 4) is 55.6 Å². The molecule has 0 N–H and O–H groups in total. The van der Waals surface area contributed by atoms with E-state index in [0.29, 0.717) is 0 Å². The topological polar surface area (TPSA) is 16.4 Å². The average molecular weight is 766 g/mol. The molecule has 282 valence electrons. The van der Waals surface area contributed by atoms with Gasteiger partial charge in [-0.15, -0.1) is 0 Å². The largest absolute Gasteiger partial charge is 0.455 e. The number of anilines is 3. The highest BCUT2D eigenvalue weighted by molar-refractivity contribution is 6.15. The van der Waals surface area contributed by atoms with E-state index in [1.165, 1.54) is 33.0 Å². The number of rotatable bonds is 8. The van der Waals surface area contributed by atoms with E-state index >= 15 is 0 Å². The molecule has 11 rings (SSSR count). The van der Waals surface area contributed by atoms with E-state index in [4.69, 9.17) is 4.42 Å². The third-order valence-electron chi connectivity index (χ3n) is 11.7. The van der Waals surface area contributed by atoms with Crippen LogP contribution in [0, 0.1) is 0 Å². The molecule has 60 heavy (non-hydrogen) atoms. The number of hydrogen-bond donors (Lipinski definition) is 0. The van der Waals surface area contributed by atoms with E-state index in [1.807, 2.05) is 6.07 Å². The van der Waals surface area contributed by atoms with Crippen LogP contribution in [0.25, 0.3) is 88.3 Å². The zero-order valence-corrected chi connectivity index (χ0v) is 32.9. The van der Waals surface area contributed by atoms with Crippen molar-refractivity contribution in [1.29, 1.82) is 0 Å². The van der Waals surface area contributed by atoms with Crippen molar-refractivity contribution in [3.05, 3.63) is 237 Å². The van der Waals surface area contributed by atoms with Gasteiger partial charge in [0.2, 0.25) is 0 Å². The van der Waals surface area contributed by atoms with Gasteiger partial charge in [0.05, 0.1) is 0 Å². The molecule has 0 saturated heterocycles. The standard InChI is InChI=1S/C58H39NO/c1-3-14-40(15-4-1)41-30-34-48(35-31-41)59(50-23-10-22-47(39-50)52-25-11-19-43-18-7-8-24-51(43)52)49-36-32-42(33-37-49)45-20-9-21-46(38-45)53-26-13-29-56-57(53)55-28-12-27-54(58(55)60-56)44-16-5-2-6-17-44/h1-39H. The SMILES string of the molecule is c1ccc(-c2ccc(N(c3ccc(-c4cccc(-c5cccc6oc7c(-c8ccccc8)cccc7c56)c4)cc3)c3cccc(-c4cccc5ccccc45)c3)cc2)cc1. The summed E-state index contributed by atoms with van der Waals surface area (Å²) in [6, 6.07) is 84.7. The van der Waals surface area contributed by atoms with Gasteiger partial charge in [-0.1, -0.05) is 188 Å². The fraction of sp³-hybridized carbons (Fsp3) is 0. The van der Waals surface area contributed by atoms with Crippen LogP contribution in [-0.4, -0.2) is 0 Å². The maximum atomic E-state index is 6.60. The monoisotopic (exact) mass is 765 g/mol. The quantitative estimate of drug-likeness (QED) is 0.153. The summed E-state index contributed by atoms with van der Waals surface area (Å²) in [5, 5.41) is 4.74. The molecule has 1 heterocycles. The highest BCUT2D eigenvalue weighted by Gasteiger charge is 2.18. The Morgan fingerprint density at radius 1 is 0.283 bits per heavy atom. The number of nitrogens with zero attached hydrogens (tertiary/aromatic N) is 1. The molecule has 0 bridgehead atoms. The second-order valence-electron chi connectivity index (χ2n) is 15.3. The van der Waals surface area contributed by atoms with Gasteiger partial charge >= 0.3 is 0 Å². The van der Waals surface area contributed by atoms with E-state index in [-0.39, 0.29) is 0 Å². The lowest BCUT2D eigenvalue weighted by Crippen LogP contribution is -2.10. The zero-order chi connectivity index (χ0) is 39.8. The minimum absolute atomic E-state index is 0.891. The molecule has 0 atom stereocenters. The molecule has 0 aliphatic heterocycles. The summed E-state index contributed by atoms with van der Waals surface area (Å²) in [5.41, 5.74) is 16.7. The number of furan rings is 1. The van der Waals surface area contributed by atoms with Gasteiger partial charge in [0.25, 0.3) is 0 Å².